The summed E-state index contributed by atoms with van der Waals surface area (Å²) in [5.41, 5.74) is 0.867. The fourth-order valence-electron chi connectivity index (χ4n) is 1.35. The molecule has 0 N–H and O–H groups in total. The Morgan fingerprint density at radius 3 is 2.80 bits per heavy atom. The first kappa shape index (κ1) is 10.5. The number of halogens is 1. The zero-order chi connectivity index (χ0) is 10.8. The van der Waals surface area contributed by atoms with Crippen LogP contribution in [0.15, 0.2) is 24.3 Å². The van der Waals surface area contributed by atoms with E-state index in [-0.39, 0.29) is 16.9 Å². The molecule has 0 unspecified atom stereocenters. The van der Waals surface area contributed by atoms with Crippen molar-refractivity contribution in [3.8, 4) is 0 Å². The number of carbonyl (C=O) groups excluding carboxylic acids is 2. The van der Waals surface area contributed by atoms with Crippen LogP contribution in [-0.2, 0) is 11.3 Å². The van der Waals surface area contributed by atoms with Gasteiger partial charge in [-0.05, 0) is 17.7 Å². The molecule has 1 aromatic carbocycles. The molecule has 0 bridgehead atoms. The van der Waals surface area contributed by atoms with Crippen LogP contribution in [-0.4, -0.2) is 21.8 Å². The fraction of sp³-hybridized carbons (Fsp3) is 0.200. The van der Waals surface area contributed by atoms with Crippen LogP contribution in [0.5, 0.6) is 0 Å². The molecule has 2 amide bonds. The molecule has 3 nitrogen and oxygen atoms in total. The number of thioether (sulfide) groups is 1. The maximum absolute atomic E-state index is 11.3. The van der Waals surface area contributed by atoms with Gasteiger partial charge in [0.1, 0.15) is 0 Å². The molecule has 1 aliphatic heterocycles. The average molecular weight is 242 g/mol. The van der Waals surface area contributed by atoms with Gasteiger partial charge in [-0.2, -0.15) is 0 Å². The third-order valence-corrected chi connectivity index (χ3v) is 3.16. The van der Waals surface area contributed by atoms with Crippen LogP contribution in [0.3, 0.4) is 0 Å². The van der Waals surface area contributed by atoms with Crippen molar-refractivity contribution in [3.05, 3.63) is 34.9 Å². The summed E-state index contributed by atoms with van der Waals surface area (Å²) in [6, 6.07) is 7.16. The molecule has 0 saturated carbocycles. The summed E-state index contributed by atoms with van der Waals surface area (Å²) in [5.74, 6) is 0.115. The molecular weight excluding hydrogens is 234 g/mol. The quantitative estimate of drug-likeness (QED) is 0.799. The minimum atomic E-state index is -0.181. The van der Waals surface area contributed by atoms with E-state index in [0.29, 0.717) is 11.6 Å². The Kier molecular flexibility index (Phi) is 2.98. The van der Waals surface area contributed by atoms with Gasteiger partial charge in [0.05, 0.1) is 12.3 Å². The normalized spacial score (nSPS) is 16.2. The standard InChI is InChI=1S/C10H8ClNO2S/c11-8-3-1-2-7(4-8)5-12-9(13)6-15-10(12)14/h1-4H,5-6H2. The van der Waals surface area contributed by atoms with Crippen LogP contribution in [0.2, 0.25) is 5.02 Å². The Balaban J connectivity index is 2.15. The fourth-order valence-corrected chi connectivity index (χ4v) is 2.29. The van der Waals surface area contributed by atoms with Crippen LogP contribution in [0, 0.1) is 0 Å². The Morgan fingerprint density at radius 1 is 1.40 bits per heavy atom. The van der Waals surface area contributed by atoms with Gasteiger partial charge in [-0.3, -0.25) is 14.5 Å². The lowest BCUT2D eigenvalue weighted by atomic mass is 10.2. The van der Waals surface area contributed by atoms with Gasteiger partial charge in [-0.1, -0.05) is 35.5 Å². The molecule has 0 spiro atoms. The molecule has 1 heterocycles. The van der Waals surface area contributed by atoms with Crippen molar-refractivity contribution in [2.45, 2.75) is 6.54 Å². The number of nitrogens with zero attached hydrogens (tertiary/aromatic N) is 1. The molecular formula is C10H8ClNO2S. The molecule has 0 radical (unpaired) electrons. The van der Waals surface area contributed by atoms with Crippen molar-refractivity contribution in [1.29, 1.82) is 0 Å². The van der Waals surface area contributed by atoms with Gasteiger partial charge in [-0.25, -0.2) is 0 Å². The number of amides is 2. The lowest BCUT2D eigenvalue weighted by Gasteiger charge is -2.12. The van der Waals surface area contributed by atoms with E-state index in [1.807, 2.05) is 6.07 Å². The summed E-state index contributed by atoms with van der Waals surface area (Å²) in [6.07, 6.45) is 0. The molecule has 1 aromatic rings. The van der Waals surface area contributed by atoms with Gasteiger partial charge in [0, 0.05) is 5.02 Å². The van der Waals surface area contributed by atoms with Gasteiger partial charge in [0.15, 0.2) is 0 Å². The van der Waals surface area contributed by atoms with Crippen molar-refractivity contribution in [3.63, 3.8) is 0 Å². The maximum atomic E-state index is 11.3. The predicted octanol–water partition coefficient (Wildman–Crippen LogP) is 2.54. The molecule has 0 aliphatic carbocycles. The van der Waals surface area contributed by atoms with E-state index in [0.717, 1.165) is 17.3 Å². The number of rotatable bonds is 2. The number of imide groups is 1. The second-order valence-electron chi connectivity index (χ2n) is 3.16. The minimum absolute atomic E-state index is 0.134. The second kappa shape index (κ2) is 4.24. The van der Waals surface area contributed by atoms with Gasteiger partial charge in [0.2, 0.25) is 5.91 Å². The molecule has 2 rings (SSSR count). The van der Waals surface area contributed by atoms with Gasteiger partial charge >= 0.3 is 0 Å². The smallest absolute Gasteiger partial charge is 0.273 e. The lowest BCUT2D eigenvalue weighted by Crippen LogP contribution is -2.27. The van der Waals surface area contributed by atoms with E-state index in [1.165, 1.54) is 4.90 Å². The van der Waals surface area contributed by atoms with Crippen LogP contribution in [0.4, 0.5) is 4.79 Å². The van der Waals surface area contributed by atoms with E-state index in [9.17, 15) is 9.59 Å². The number of hydrogen-bond donors (Lipinski definition) is 0. The van der Waals surface area contributed by atoms with Crippen molar-refractivity contribution >= 4 is 34.5 Å². The summed E-state index contributed by atoms with van der Waals surface area (Å²) in [7, 11) is 0. The van der Waals surface area contributed by atoms with E-state index in [1.54, 1.807) is 18.2 Å². The van der Waals surface area contributed by atoms with Crippen molar-refractivity contribution in [2.24, 2.45) is 0 Å². The Bertz CT molecular complexity index is 406. The monoisotopic (exact) mass is 241 g/mol. The van der Waals surface area contributed by atoms with Crippen molar-refractivity contribution < 1.29 is 9.59 Å². The highest BCUT2D eigenvalue weighted by Gasteiger charge is 2.29. The summed E-state index contributed by atoms with van der Waals surface area (Å²) in [5, 5.41) is 0.430. The van der Waals surface area contributed by atoms with Crippen LogP contribution >= 0.6 is 23.4 Å². The Morgan fingerprint density at radius 2 is 2.20 bits per heavy atom. The Hall–Kier alpha value is -1.00. The molecule has 1 saturated heterocycles. The first-order chi connectivity index (χ1) is 7.16. The molecule has 78 valence electrons. The zero-order valence-corrected chi connectivity index (χ0v) is 9.35. The maximum Gasteiger partial charge on any atom is 0.289 e. The second-order valence-corrected chi connectivity index (χ2v) is 4.53. The SMILES string of the molecule is O=C1CSC(=O)N1Cc1cccc(Cl)c1. The van der Waals surface area contributed by atoms with Gasteiger partial charge in [0.25, 0.3) is 5.24 Å². The van der Waals surface area contributed by atoms with Crippen LogP contribution < -0.4 is 0 Å². The molecule has 0 atom stereocenters. The largest absolute Gasteiger partial charge is 0.289 e. The zero-order valence-electron chi connectivity index (χ0n) is 7.77. The summed E-state index contributed by atoms with van der Waals surface area (Å²) < 4.78 is 0. The third-order valence-electron chi connectivity index (χ3n) is 2.07. The highest BCUT2D eigenvalue weighted by molar-refractivity contribution is 8.14. The first-order valence-corrected chi connectivity index (χ1v) is 5.75. The number of hydrogen-bond acceptors (Lipinski definition) is 3. The highest BCUT2D eigenvalue weighted by Crippen LogP contribution is 2.22. The molecule has 1 fully saturated rings. The van der Waals surface area contributed by atoms with Crippen molar-refractivity contribution in [1.82, 2.24) is 4.90 Å². The average Bonchev–Trinajstić information content (AvgIpc) is 2.50. The minimum Gasteiger partial charge on any atom is -0.273 e. The summed E-state index contributed by atoms with van der Waals surface area (Å²) in [6.45, 7) is 0.311. The van der Waals surface area contributed by atoms with E-state index < -0.39 is 0 Å². The summed E-state index contributed by atoms with van der Waals surface area (Å²) >= 11 is 6.85. The molecule has 0 aromatic heterocycles. The van der Waals surface area contributed by atoms with Gasteiger partial charge in [-0.15, -0.1) is 0 Å². The number of carbonyl (C=O) groups is 2. The van der Waals surface area contributed by atoms with E-state index in [2.05, 4.69) is 0 Å². The molecule has 5 heteroatoms. The Labute approximate surface area is 96.4 Å². The topological polar surface area (TPSA) is 37.4 Å². The van der Waals surface area contributed by atoms with Crippen molar-refractivity contribution in [2.75, 3.05) is 5.75 Å². The van der Waals surface area contributed by atoms with E-state index in [4.69, 9.17) is 11.6 Å². The molecule has 15 heavy (non-hydrogen) atoms. The van der Waals surface area contributed by atoms with E-state index >= 15 is 0 Å². The predicted molar refractivity (Wildman–Crippen MR) is 59.9 cm³/mol. The molecule has 1 aliphatic rings. The van der Waals surface area contributed by atoms with Crippen LogP contribution in [0.1, 0.15) is 5.56 Å². The van der Waals surface area contributed by atoms with Gasteiger partial charge < -0.3 is 0 Å². The summed E-state index contributed by atoms with van der Waals surface area (Å²) in [4.78, 5) is 23.9. The first-order valence-electron chi connectivity index (χ1n) is 4.38. The van der Waals surface area contributed by atoms with Crippen LogP contribution in [0.25, 0.3) is 0 Å². The highest BCUT2D eigenvalue weighted by atomic mass is 35.5. The lowest BCUT2D eigenvalue weighted by molar-refractivity contribution is -0.125. The third kappa shape index (κ3) is 2.33. The number of benzene rings is 1.